The van der Waals surface area contributed by atoms with Crippen LogP contribution in [0.1, 0.15) is 24.2 Å². The van der Waals surface area contributed by atoms with Gasteiger partial charge in [0.05, 0.1) is 18.2 Å². The van der Waals surface area contributed by atoms with Crippen molar-refractivity contribution in [2.75, 3.05) is 13.1 Å². The predicted molar refractivity (Wildman–Crippen MR) is 79.0 cm³/mol. The Balaban J connectivity index is 1.73. The van der Waals surface area contributed by atoms with Gasteiger partial charge in [-0.25, -0.2) is 0 Å². The van der Waals surface area contributed by atoms with Crippen molar-refractivity contribution in [1.29, 1.82) is 0 Å². The summed E-state index contributed by atoms with van der Waals surface area (Å²) in [5, 5.41) is 9.75. The Bertz CT molecular complexity index is 584. The van der Waals surface area contributed by atoms with E-state index in [-0.39, 0.29) is 0 Å². The van der Waals surface area contributed by atoms with Crippen LogP contribution in [0.15, 0.2) is 53.1 Å². The zero-order valence-electron chi connectivity index (χ0n) is 11.9. The van der Waals surface area contributed by atoms with E-state index in [1.165, 1.54) is 0 Å². The van der Waals surface area contributed by atoms with Crippen LogP contribution < -0.4 is 0 Å². The number of hydrogen-bond acceptors (Lipinski definition) is 3. The van der Waals surface area contributed by atoms with Crippen molar-refractivity contribution in [3.8, 4) is 0 Å². The summed E-state index contributed by atoms with van der Waals surface area (Å²) in [6.45, 7) is 2.28. The normalized spacial score (nSPS) is 18.5. The second-order valence-electron chi connectivity index (χ2n) is 5.61. The molecule has 0 atom stereocenters. The van der Waals surface area contributed by atoms with Crippen molar-refractivity contribution in [2.24, 2.45) is 0 Å². The Kier molecular flexibility index (Phi) is 3.80. The molecule has 21 heavy (non-hydrogen) atoms. The molecule has 4 nitrogen and oxygen atoms in total. The van der Waals surface area contributed by atoms with E-state index >= 15 is 0 Å². The number of benzene rings is 1. The minimum absolute atomic E-state index is 0.632. The highest BCUT2D eigenvalue weighted by Gasteiger charge is 2.42. The summed E-state index contributed by atoms with van der Waals surface area (Å²) in [6, 6.07) is 13.4. The predicted octanol–water partition coefficient (Wildman–Crippen LogP) is 2.90. The molecule has 1 fully saturated rings. The van der Waals surface area contributed by atoms with Crippen LogP contribution in [-0.4, -0.2) is 29.1 Å². The highest BCUT2D eigenvalue weighted by molar-refractivity contribution is 5.81. The second kappa shape index (κ2) is 5.74. The van der Waals surface area contributed by atoms with Crippen LogP contribution >= 0.6 is 0 Å². The topological polar surface area (TPSA) is 53.7 Å². The quantitative estimate of drug-likeness (QED) is 0.938. The lowest BCUT2D eigenvalue weighted by Gasteiger charge is -2.39. The van der Waals surface area contributed by atoms with Crippen LogP contribution in [0.4, 0.5) is 0 Å². The molecular weight excluding hydrogens is 266 g/mol. The lowest BCUT2D eigenvalue weighted by molar-refractivity contribution is -0.146. The van der Waals surface area contributed by atoms with Crippen LogP contribution in [0.5, 0.6) is 0 Å². The molecule has 1 aliphatic rings. The third kappa shape index (κ3) is 2.72. The summed E-state index contributed by atoms with van der Waals surface area (Å²) in [5.74, 6) is 0.212. The Hall–Kier alpha value is -2.07. The van der Waals surface area contributed by atoms with Gasteiger partial charge in [0.25, 0.3) is 0 Å². The molecule has 0 unspecified atom stereocenters. The number of aliphatic carboxylic acids is 1. The van der Waals surface area contributed by atoms with Gasteiger partial charge in [0.2, 0.25) is 0 Å². The number of hydrogen-bond donors (Lipinski definition) is 1. The van der Waals surface area contributed by atoms with E-state index in [0.29, 0.717) is 12.8 Å². The van der Waals surface area contributed by atoms with Gasteiger partial charge >= 0.3 is 5.97 Å². The second-order valence-corrected chi connectivity index (χ2v) is 5.61. The molecule has 1 aromatic heterocycles. The molecule has 4 heteroatoms. The number of nitrogens with zero attached hydrogens (tertiary/aromatic N) is 1. The number of furan rings is 1. The van der Waals surface area contributed by atoms with Crippen molar-refractivity contribution < 1.29 is 14.3 Å². The number of likely N-dealkylation sites (tertiary alicyclic amines) is 1. The van der Waals surface area contributed by atoms with Crippen LogP contribution in [0, 0.1) is 0 Å². The Morgan fingerprint density at radius 3 is 2.43 bits per heavy atom. The van der Waals surface area contributed by atoms with Crippen LogP contribution in [-0.2, 0) is 16.8 Å². The van der Waals surface area contributed by atoms with Gasteiger partial charge in [-0.2, -0.15) is 0 Å². The Labute approximate surface area is 124 Å². The first-order chi connectivity index (χ1) is 10.2. The van der Waals surface area contributed by atoms with Crippen LogP contribution in [0.25, 0.3) is 0 Å². The van der Waals surface area contributed by atoms with E-state index in [0.717, 1.165) is 31.0 Å². The number of carboxylic acid groups (broad SMARTS) is 1. The number of carboxylic acids is 1. The summed E-state index contributed by atoms with van der Waals surface area (Å²) in [6.07, 6.45) is 2.94. The monoisotopic (exact) mass is 285 g/mol. The van der Waals surface area contributed by atoms with Gasteiger partial charge in [-0.15, -0.1) is 0 Å². The first kappa shape index (κ1) is 13.9. The molecular formula is C17H19NO3. The van der Waals surface area contributed by atoms with E-state index in [1.54, 1.807) is 6.26 Å². The molecule has 1 aromatic carbocycles. The number of piperidine rings is 1. The maximum absolute atomic E-state index is 11.9. The smallest absolute Gasteiger partial charge is 0.314 e. The lowest BCUT2D eigenvalue weighted by Crippen LogP contribution is -2.47. The molecule has 0 amide bonds. The van der Waals surface area contributed by atoms with Gasteiger partial charge in [-0.1, -0.05) is 30.3 Å². The average molecular weight is 285 g/mol. The van der Waals surface area contributed by atoms with Gasteiger partial charge in [0, 0.05) is 13.1 Å². The van der Waals surface area contributed by atoms with Gasteiger partial charge < -0.3 is 9.52 Å². The molecule has 0 spiro atoms. The van der Waals surface area contributed by atoms with Crippen LogP contribution in [0.3, 0.4) is 0 Å². The maximum Gasteiger partial charge on any atom is 0.314 e. The standard InChI is InChI=1S/C17H19NO3/c19-16(20)17(14-5-2-1-3-6-14)8-10-18(11-9-17)13-15-7-4-12-21-15/h1-7,12H,8-11,13H2,(H,19,20). The maximum atomic E-state index is 11.9. The van der Waals surface area contributed by atoms with E-state index in [2.05, 4.69) is 4.90 Å². The molecule has 0 radical (unpaired) electrons. The molecule has 1 N–H and O–H groups in total. The first-order valence-corrected chi connectivity index (χ1v) is 7.24. The average Bonchev–Trinajstić information content (AvgIpc) is 3.02. The highest BCUT2D eigenvalue weighted by Crippen LogP contribution is 2.36. The summed E-state index contributed by atoms with van der Waals surface area (Å²) in [5.41, 5.74) is 0.163. The summed E-state index contributed by atoms with van der Waals surface area (Å²) < 4.78 is 5.36. The number of rotatable bonds is 4. The summed E-state index contributed by atoms with van der Waals surface area (Å²) >= 11 is 0. The van der Waals surface area contributed by atoms with Gasteiger partial charge in [0.15, 0.2) is 0 Å². The SMILES string of the molecule is O=C(O)C1(c2ccccc2)CCN(Cc2ccco2)CC1. The molecule has 3 rings (SSSR count). The zero-order chi connectivity index (χ0) is 14.7. The molecule has 2 aromatic rings. The Morgan fingerprint density at radius 2 is 1.86 bits per heavy atom. The third-order valence-corrected chi connectivity index (χ3v) is 4.40. The van der Waals surface area contributed by atoms with Crippen molar-refractivity contribution in [1.82, 2.24) is 4.90 Å². The molecule has 2 heterocycles. The van der Waals surface area contributed by atoms with Crippen molar-refractivity contribution in [2.45, 2.75) is 24.8 Å². The Morgan fingerprint density at radius 1 is 1.14 bits per heavy atom. The summed E-state index contributed by atoms with van der Waals surface area (Å²) in [4.78, 5) is 14.1. The summed E-state index contributed by atoms with van der Waals surface area (Å²) in [7, 11) is 0. The third-order valence-electron chi connectivity index (χ3n) is 4.40. The fourth-order valence-electron chi connectivity index (χ4n) is 3.10. The van der Waals surface area contributed by atoms with Gasteiger partial charge in [-0.3, -0.25) is 9.69 Å². The fourth-order valence-corrected chi connectivity index (χ4v) is 3.10. The van der Waals surface area contributed by atoms with E-state index in [4.69, 9.17) is 4.42 Å². The molecule has 0 saturated carbocycles. The zero-order valence-corrected chi connectivity index (χ0v) is 11.9. The molecule has 1 saturated heterocycles. The van der Waals surface area contributed by atoms with Crippen molar-refractivity contribution in [3.63, 3.8) is 0 Å². The minimum Gasteiger partial charge on any atom is -0.481 e. The number of carbonyl (C=O) groups is 1. The van der Waals surface area contributed by atoms with Crippen molar-refractivity contribution >= 4 is 5.97 Å². The first-order valence-electron chi connectivity index (χ1n) is 7.24. The van der Waals surface area contributed by atoms with E-state index in [9.17, 15) is 9.90 Å². The highest BCUT2D eigenvalue weighted by atomic mass is 16.4. The van der Waals surface area contributed by atoms with Gasteiger partial charge in [0.1, 0.15) is 5.76 Å². The minimum atomic E-state index is -0.749. The molecule has 110 valence electrons. The largest absolute Gasteiger partial charge is 0.481 e. The molecule has 0 bridgehead atoms. The van der Waals surface area contributed by atoms with Crippen molar-refractivity contribution in [3.05, 3.63) is 60.1 Å². The van der Waals surface area contributed by atoms with Crippen LogP contribution in [0.2, 0.25) is 0 Å². The van der Waals surface area contributed by atoms with E-state index < -0.39 is 11.4 Å². The molecule has 0 aliphatic carbocycles. The fraction of sp³-hybridized carbons (Fsp3) is 0.353. The van der Waals surface area contributed by atoms with Gasteiger partial charge in [-0.05, 0) is 30.5 Å². The lowest BCUT2D eigenvalue weighted by atomic mass is 9.73. The molecule has 1 aliphatic heterocycles. The van der Waals surface area contributed by atoms with E-state index in [1.807, 2.05) is 42.5 Å².